The highest BCUT2D eigenvalue weighted by Gasteiger charge is 2.56. The minimum Gasteiger partial charge on any atom is -0.505 e. The third kappa shape index (κ3) is 11.8. The van der Waals surface area contributed by atoms with Crippen molar-refractivity contribution >= 4 is 37.2 Å². The second kappa shape index (κ2) is 20.4. The molecular formula is C42H60N3O13P. The van der Waals surface area contributed by atoms with Gasteiger partial charge in [0.2, 0.25) is 11.8 Å². The zero-order valence-electron chi connectivity index (χ0n) is 34.9. The summed E-state index contributed by atoms with van der Waals surface area (Å²) in [6.45, 7) is 10.1. The molecule has 0 aliphatic heterocycles. The molecule has 0 heterocycles. The van der Waals surface area contributed by atoms with Gasteiger partial charge in [0.1, 0.15) is 29.8 Å². The van der Waals surface area contributed by atoms with E-state index in [0.717, 1.165) is 38.5 Å². The fraction of sp³-hybridized carbons (Fsp3) is 0.619. The number of primary amides is 1. The van der Waals surface area contributed by atoms with Gasteiger partial charge in [-0.05, 0) is 119 Å². The first kappa shape index (κ1) is 45.9. The van der Waals surface area contributed by atoms with Gasteiger partial charge in [-0.2, -0.15) is 0 Å². The highest BCUT2D eigenvalue weighted by Crippen LogP contribution is 2.62. The summed E-state index contributed by atoms with van der Waals surface area (Å²) in [6, 6.07) is 8.71. The van der Waals surface area contributed by atoms with Crippen LogP contribution in [0.2, 0.25) is 0 Å². The summed E-state index contributed by atoms with van der Waals surface area (Å²) in [5, 5.41) is 15.4. The molecule has 59 heavy (non-hydrogen) atoms. The van der Waals surface area contributed by atoms with Crippen molar-refractivity contribution in [3.8, 4) is 17.2 Å². The molecule has 5 rings (SSSR count). The number of ether oxygens (including phenoxy) is 4. The highest BCUT2D eigenvalue weighted by atomic mass is 31.2. The molecule has 0 saturated heterocycles. The largest absolute Gasteiger partial charge is 0.530 e. The molecule has 3 aliphatic rings. The van der Waals surface area contributed by atoms with Gasteiger partial charge in [-0.1, -0.05) is 13.0 Å². The van der Waals surface area contributed by atoms with Gasteiger partial charge in [0.15, 0.2) is 5.75 Å². The maximum atomic E-state index is 13.4. The van der Waals surface area contributed by atoms with Gasteiger partial charge in [-0.3, -0.25) is 23.4 Å². The molecule has 2 fully saturated rings. The quantitative estimate of drug-likeness (QED) is 0.0479. The second-order valence-electron chi connectivity index (χ2n) is 16.2. The first-order valence-corrected chi connectivity index (χ1v) is 21.9. The molecule has 3 aliphatic carbocycles. The summed E-state index contributed by atoms with van der Waals surface area (Å²) < 4.78 is 52.5. The molecule has 0 spiro atoms. The summed E-state index contributed by atoms with van der Waals surface area (Å²) in [5.74, 6) is -0.904. The Morgan fingerprint density at radius 3 is 2.34 bits per heavy atom. The molecule has 0 bridgehead atoms. The van der Waals surface area contributed by atoms with Crippen LogP contribution in [0.3, 0.4) is 0 Å². The number of fused-ring (bicyclic) bond motifs is 5. The Labute approximate surface area is 346 Å². The number of aryl methyl sites for hydroxylation is 1. The number of rotatable bonds is 21. The number of phosphoric ester groups is 1. The number of aromatic hydroxyl groups is 1. The molecule has 2 aromatic rings. The Morgan fingerprint density at radius 2 is 1.64 bits per heavy atom. The number of hydrogen-bond acceptors (Lipinski definition) is 13. The van der Waals surface area contributed by atoms with Crippen molar-refractivity contribution in [1.82, 2.24) is 5.32 Å². The van der Waals surface area contributed by atoms with E-state index in [1.807, 2.05) is 12.1 Å². The van der Waals surface area contributed by atoms with Crippen LogP contribution in [0, 0.1) is 17.3 Å². The molecule has 0 aromatic heterocycles. The number of phenols is 1. The van der Waals surface area contributed by atoms with E-state index >= 15 is 0 Å². The van der Waals surface area contributed by atoms with Crippen molar-refractivity contribution in [3.63, 3.8) is 0 Å². The monoisotopic (exact) mass is 845 g/mol. The smallest absolute Gasteiger partial charge is 0.505 e. The number of carbonyl (C=O) groups excluding carboxylic acids is 4. The Bertz CT molecular complexity index is 1860. The molecule has 5 unspecified atom stereocenters. The number of phosphoric acid groups is 1. The lowest BCUT2D eigenvalue weighted by molar-refractivity contribution is -0.163. The van der Waals surface area contributed by atoms with Crippen LogP contribution in [0.25, 0.3) is 0 Å². The Kier molecular flexibility index (Phi) is 15.8. The molecule has 3 amide bonds. The van der Waals surface area contributed by atoms with Crippen LogP contribution < -0.4 is 25.6 Å². The second-order valence-corrected chi connectivity index (χ2v) is 17.7. The lowest BCUT2D eigenvalue weighted by Crippen LogP contribution is -2.45. The van der Waals surface area contributed by atoms with Crippen molar-refractivity contribution in [2.45, 2.75) is 110 Å². The van der Waals surface area contributed by atoms with Crippen molar-refractivity contribution < 1.29 is 61.4 Å². The number of anilines is 1. The normalized spacial score (nSPS) is 22.2. The summed E-state index contributed by atoms with van der Waals surface area (Å²) in [5.41, 5.74) is 7.41. The lowest BCUT2D eigenvalue weighted by atomic mass is 9.55. The minimum atomic E-state index is -3.79. The third-order valence-corrected chi connectivity index (χ3v) is 13.2. The van der Waals surface area contributed by atoms with Gasteiger partial charge in [0.25, 0.3) is 5.91 Å². The van der Waals surface area contributed by atoms with Crippen LogP contribution in [0.15, 0.2) is 30.3 Å². The zero-order chi connectivity index (χ0) is 42.9. The number of amides is 3. The maximum absolute atomic E-state index is 13.4. The minimum absolute atomic E-state index is 0.0329. The topological polar surface area (TPSA) is 220 Å². The van der Waals surface area contributed by atoms with E-state index in [-0.39, 0.29) is 92.4 Å². The van der Waals surface area contributed by atoms with E-state index in [1.54, 1.807) is 27.7 Å². The third-order valence-electron chi connectivity index (χ3n) is 11.4. The molecule has 16 nitrogen and oxygen atoms in total. The number of methoxy groups -OCH3 is 1. The number of esters is 1. The Balaban J connectivity index is 0.971. The summed E-state index contributed by atoms with van der Waals surface area (Å²) in [6.07, 6.45) is 4.56. The van der Waals surface area contributed by atoms with Gasteiger partial charge in [-0.15, -0.1) is 0 Å². The average molecular weight is 846 g/mol. The predicted molar refractivity (Wildman–Crippen MR) is 217 cm³/mol. The van der Waals surface area contributed by atoms with E-state index in [9.17, 15) is 28.8 Å². The molecule has 5 atom stereocenters. The van der Waals surface area contributed by atoms with E-state index in [4.69, 9.17) is 38.3 Å². The average Bonchev–Trinajstić information content (AvgIpc) is 3.49. The molecule has 2 saturated carbocycles. The number of hydrogen-bond donors (Lipinski definition) is 4. The van der Waals surface area contributed by atoms with Gasteiger partial charge in [0.05, 0.1) is 44.8 Å². The Hall–Kier alpha value is -4.21. The maximum Gasteiger partial charge on any atom is 0.530 e. The number of nitrogens with two attached hydrogens (primary N) is 1. The van der Waals surface area contributed by atoms with E-state index in [2.05, 4.69) is 23.6 Å². The summed E-state index contributed by atoms with van der Waals surface area (Å²) >= 11 is 0. The van der Waals surface area contributed by atoms with E-state index in [0.29, 0.717) is 23.5 Å². The van der Waals surface area contributed by atoms with Crippen LogP contribution in [0.1, 0.15) is 107 Å². The van der Waals surface area contributed by atoms with Crippen molar-refractivity contribution in [2.24, 2.45) is 23.0 Å². The van der Waals surface area contributed by atoms with Gasteiger partial charge >= 0.3 is 13.8 Å². The fourth-order valence-corrected chi connectivity index (χ4v) is 10.5. The molecular weight excluding hydrogens is 785 g/mol. The molecule has 2 aromatic carbocycles. The van der Waals surface area contributed by atoms with Crippen molar-refractivity contribution in [2.75, 3.05) is 45.4 Å². The van der Waals surface area contributed by atoms with Crippen LogP contribution >= 0.6 is 7.82 Å². The van der Waals surface area contributed by atoms with Crippen LogP contribution in [0.4, 0.5) is 5.69 Å². The van der Waals surface area contributed by atoms with Crippen molar-refractivity contribution in [3.05, 3.63) is 47.0 Å². The lowest BCUT2D eigenvalue weighted by Gasteiger charge is -2.50. The van der Waals surface area contributed by atoms with Crippen molar-refractivity contribution in [1.29, 1.82) is 0 Å². The molecule has 326 valence electrons. The van der Waals surface area contributed by atoms with Crippen LogP contribution in [-0.4, -0.2) is 87.2 Å². The zero-order valence-corrected chi connectivity index (χ0v) is 35.8. The Morgan fingerprint density at radius 1 is 0.932 bits per heavy atom. The number of nitrogens with one attached hydrogen (secondary N) is 2. The van der Waals surface area contributed by atoms with Gasteiger partial charge < -0.3 is 44.9 Å². The predicted octanol–water partition coefficient (Wildman–Crippen LogP) is 6.17. The number of carbonyl (C=O) groups is 4. The first-order valence-electron chi connectivity index (χ1n) is 20.4. The molecule has 17 heteroatoms. The summed E-state index contributed by atoms with van der Waals surface area (Å²) in [4.78, 5) is 49.1. The highest BCUT2D eigenvalue weighted by molar-refractivity contribution is 7.49. The van der Waals surface area contributed by atoms with E-state index < -0.39 is 31.4 Å². The SMILES string of the molecule is COc1ccc(NC(=O)CCC(=O)NCCOCCOCC(=O)OC2CCC3C4CCc5cc(OP(=O)(OC(C)C)OC(C)C)ccc5C4CCC23C)c(O)c1C(N)=O. The summed E-state index contributed by atoms with van der Waals surface area (Å²) in [7, 11) is -2.48. The van der Waals surface area contributed by atoms with Gasteiger partial charge in [0, 0.05) is 24.8 Å². The standard InChI is InChI=1S/C42H60N3O13P/c1-25(2)56-59(51,57-26(3)4)58-28-8-10-29-27(23-28)7-9-31-30(29)17-18-42(5)32(31)11-14-35(42)55-38(48)24-54-22-21-53-20-19-44-36(46)15-16-37(47)45-33-12-13-34(52-6)39(40(33)49)41(43)50/h8,10,12-13,23,25-26,30-32,35,49H,7,9,11,14-22,24H2,1-6H3,(H2,43,50)(H,44,46)(H,45,47). The van der Waals surface area contributed by atoms with Crippen LogP contribution in [0.5, 0.6) is 17.2 Å². The molecule has 5 N–H and O–H groups in total. The first-order chi connectivity index (χ1) is 28.0. The fourth-order valence-electron chi connectivity index (χ4n) is 8.92. The molecule has 0 radical (unpaired) electrons. The van der Waals surface area contributed by atoms with Gasteiger partial charge in [-0.25, -0.2) is 9.36 Å². The van der Waals surface area contributed by atoms with Crippen LogP contribution in [-0.2, 0) is 48.6 Å². The van der Waals surface area contributed by atoms with E-state index in [1.165, 1.54) is 30.4 Å². The number of benzene rings is 2.